The lowest BCUT2D eigenvalue weighted by atomic mass is 9.50. The molecule has 2 saturated heterocycles. The van der Waals surface area contributed by atoms with Gasteiger partial charge in [0, 0.05) is 23.4 Å². The van der Waals surface area contributed by atoms with E-state index in [0.29, 0.717) is 12.0 Å². The third-order valence-electron chi connectivity index (χ3n) is 7.78. The van der Waals surface area contributed by atoms with Crippen molar-refractivity contribution < 1.29 is 18.9 Å². The van der Waals surface area contributed by atoms with Gasteiger partial charge in [-0.25, -0.2) is 0 Å². The predicted octanol–water partition coefficient (Wildman–Crippen LogP) is 2.50. The van der Waals surface area contributed by atoms with Crippen molar-refractivity contribution in [3.8, 4) is 11.5 Å². The molecule has 3 aliphatic heterocycles. The van der Waals surface area contributed by atoms with Crippen molar-refractivity contribution >= 4 is 0 Å². The van der Waals surface area contributed by atoms with Gasteiger partial charge in [-0.1, -0.05) is 6.07 Å². The van der Waals surface area contributed by atoms with Gasteiger partial charge >= 0.3 is 0 Å². The number of nitrogens with zero attached hydrogens (tertiary/aromatic N) is 1. The molecule has 1 aromatic carbocycles. The van der Waals surface area contributed by atoms with E-state index in [9.17, 15) is 0 Å². The summed E-state index contributed by atoms with van der Waals surface area (Å²) in [6.45, 7) is 2.64. The second kappa shape index (κ2) is 5.15. The molecule has 2 unspecified atom stereocenters. The van der Waals surface area contributed by atoms with Crippen molar-refractivity contribution in [2.45, 2.75) is 55.5 Å². The molecule has 0 aromatic heterocycles. The highest BCUT2D eigenvalue weighted by atomic mass is 16.7. The molecular weight excluding hydrogens is 330 g/mol. The summed E-state index contributed by atoms with van der Waals surface area (Å²) >= 11 is 0. The van der Waals surface area contributed by atoms with Gasteiger partial charge in [-0.2, -0.15) is 0 Å². The SMILES string of the molecule is COc1ccc2c3c1OC1C4(CCC5[C@@H](C2)N(C)CC[C@@]351)OCCCO4. The third-order valence-corrected chi connectivity index (χ3v) is 7.78. The van der Waals surface area contributed by atoms with Gasteiger partial charge in [0.15, 0.2) is 17.6 Å². The van der Waals surface area contributed by atoms with Gasteiger partial charge in [0.25, 0.3) is 0 Å². The number of likely N-dealkylation sites (N-methyl/N-ethyl adjacent to an activating group) is 1. The normalized spacial score (nSPS) is 39.4. The maximum Gasteiger partial charge on any atom is 0.206 e. The maximum absolute atomic E-state index is 6.74. The molecule has 5 aliphatic rings. The van der Waals surface area contributed by atoms with Crippen molar-refractivity contribution in [1.29, 1.82) is 0 Å². The van der Waals surface area contributed by atoms with E-state index in [-0.39, 0.29) is 11.5 Å². The first-order valence-corrected chi connectivity index (χ1v) is 10.0. The number of piperidine rings is 1. The fraction of sp³-hybridized carbons (Fsp3) is 0.714. The van der Waals surface area contributed by atoms with Gasteiger partial charge < -0.3 is 23.8 Å². The molecule has 3 heterocycles. The van der Waals surface area contributed by atoms with E-state index in [0.717, 1.165) is 63.4 Å². The number of hydrogen-bond donors (Lipinski definition) is 0. The molecule has 140 valence electrons. The monoisotopic (exact) mass is 357 g/mol. The number of benzene rings is 1. The van der Waals surface area contributed by atoms with Crippen LogP contribution in [0.5, 0.6) is 11.5 Å². The average molecular weight is 357 g/mol. The van der Waals surface area contributed by atoms with E-state index in [1.165, 1.54) is 11.1 Å². The fourth-order valence-electron chi connectivity index (χ4n) is 6.75. The molecule has 3 fully saturated rings. The summed E-state index contributed by atoms with van der Waals surface area (Å²) in [6, 6.07) is 4.92. The third kappa shape index (κ3) is 1.68. The Labute approximate surface area is 154 Å². The standard InChI is InChI=1S/C21H27NO4/c1-22-9-8-20-14-6-7-21(24-10-3-11-25-21)19(20)26-18-16(23-2)5-4-13(17(18)20)12-15(14)22/h4-5,14-15,19H,3,6-12H2,1-2H3/t14?,15-,19?,20+/m1/s1. The molecule has 5 nitrogen and oxygen atoms in total. The molecular formula is C21H27NO4. The zero-order chi connectivity index (χ0) is 17.5. The highest BCUT2D eigenvalue weighted by molar-refractivity contribution is 5.61. The van der Waals surface area contributed by atoms with Crippen LogP contribution in [0.2, 0.25) is 0 Å². The highest BCUT2D eigenvalue weighted by Gasteiger charge is 2.70. The molecule has 5 heteroatoms. The first-order chi connectivity index (χ1) is 12.7. The molecule has 0 amide bonds. The van der Waals surface area contributed by atoms with Gasteiger partial charge in [0.2, 0.25) is 5.79 Å². The summed E-state index contributed by atoms with van der Waals surface area (Å²) in [5, 5.41) is 0. The Morgan fingerprint density at radius 2 is 2.04 bits per heavy atom. The summed E-state index contributed by atoms with van der Waals surface area (Å²) in [6.07, 6.45) is 5.20. The van der Waals surface area contributed by atoms with Crippen molar-refractivity contribution in [3.63, 3.8) is 0 Å². The Morgan fingerprint density at radius 1 is 1.19 bits per heavy atom. The minimum Gasteiger partial charge on any atom is -0.493 e. The Balaban J connectivity index is 1.59. The molecule has 1 aromatic rings. The zero-order valence-electron chi connectivity index (χ0n) is 15.6. The van der Waals surface area contributed by atoms with Crippen LogP contribution < -0.4 is 9.47 Å². The Bertz CT molecular complexity index is 759. The smallest absolute Gasteiger partial charge is 0.206 e. The number of hydrogen-bond acceptors (Lipinski definition) is 5. The van der Waals surface area contributed by atoms with E-state index in [1.54, 1.807) is 7.11 Å². The molecule has 2 aliphatic carbocycles. The van der Waals surface area contributed by atoms with Crippen LogP contribution in [-0.4, -0.2) is 56.7 Å². The predicted molar refractivity (Wildman–Crippen MR) is 95.8 cm³/mol. The number of fused-ring (bicyclic) bond motifs is 1. The molecule has 0 N–H and O–H groups in total. The van der Waals surface area contributed by atoms with Crippen LogP contribution in [-0.2, 0) is 21.3 Å². The second-order valence-electron chi connectivity index (χ2n) is 8.68. The second-order valence-corrected chi connectivity index (χ2v) is 8.68. The van der Waals surface area contributed by atoms with Crippen LogP contribution in [0.3, 0.4) is 0 Å². The minimum atomic E-state index is -0.589. The largest absolute Gasteiger partial charge is 0.493 e. The van der Waals surface area contributed by atoms with E-state index in [1.807, 2.05) is 0 Å². The first kappa shape index (κ1) is 15.7. The number of methoxy groups -OCH3 is 1. The van der Waals surface area contributed by atoms with Gasteiger partial charge in [0.05, 0.1) is 20.3 Å². The van der Waals surface area contributed by atoms with Gasteiger partial charge in [-0.15, -0.1) is 0 Å². The quantitative estimate of drug-likeness (QED) is 0.772. The van der Waals surface area contributed by atoms with Gasteiger partial charge in [0.1, 0.15) is 0 Å². The number of rotatable bonds is 1. The van der Waals surface area contributed by atoms with Crippen LogP contribution in [0.1, 0.15) is 36.8 Å². The topological polar surface area (TPSA) is 40.2 Å². The molecule has 26 heavy (non-hydrogen) atoms. The van der Waals surface area contributed by atoms with E-state index < -0.39 is 5.79 Å². The van der Waals surface area contributed by atoms with Crippen molar-refractivity contribution in [3.05, 3.63) is 23.3 Å². The summed E-state index contributed by atoms with van der Waals surface area (Å²) < 4.78 is 25.1. The molecule has 2 bridgehead atoms. The van der Waals surface area contributed by atoms with Crippen molar-refractivity contribution in [1.82, 2.24) is 4.90 Å². The molecule has 4 atom stereocenters. The summed E-state index contributed by atoms with van der Waals surface area (Å²) in [5.74, 6) is 1.83. The van der Waals surface area contributed by atoms with Crippen LogP contribution in [0.15, 0.2) is 12.1 Å². The van der Waals surface area contributed by atoms with Crippen molar-refractivity contribution in [2.24, 2.45) is 5.92 Å². The Kier molecular flexibility index (Phi) is 3.11. The zero-order valence-corrected chi connectivity index (χ0v) is 15.6. The van der Waals surface area contributed by atoms with Crippen LogP contribution in [0.4, 0.5) is 0 Å². The lowest BCUT2D eigenvalue weighted by Gasteiger charge is -2.61. The molecule has 1 saturated carbocycles. The summed E-state index contributed by atoms with van der Waals surface area (Å²) in [4.78, 5) is 2.57. The van der Waals surface area contributed by atoms with Crippen molar-refractivity contribution in [2.75, 3.05) is 33.9 Å². The summed E-state index contributed by atoms with van der Waals surface area (Å²) in [7, 11) is 4.03. The van der Waals surface area contributed by atoms with E-state index >= 15 is 0 Å². The average Bonchev–Trinajstić information content (AvgIpc) is 3.03. The molecule has 6 rings (SSSR count). The molecule has 0 radical (unpaired) electrons. The lowest BCUT2D eigenvalue weighted by Crippen LogP contribution is -2.71. The fourth-order valence-corrected chi connectivity index (χ4v) is 6.75. The summed E-state index contributed by atoms with van der Waals surface area (Å²) in [5.41, 5.74) is 2.85. The Hall–Kier alpha value is -1.30. The minimum absolute atomic E-state index is 0.00419. The number of ether oxygens (including phenoxy) is 4. The lowest BCUT2D eigenvalue weighted by molar-refractivity contribution is -0.332. The van der Waals surface area contributed by atoms with Crippen LogP contribution in [0.25, 0.3) is 0 Å². The van der Waals surface area contributed by atoms with Gasteiger partial charge in [-0.3, -0.25) is 0 Å². The van der Waals surface area contributed by atoms with Crippen LogP contribution >= 0.6 is 0 Å². The highest BCUT2D eigenvalue weighted by Crippen LogP contribution is 2.66. The van der Waals surface area contributed by atoms with E-state index in [4.69, 9.17) is 18.9 Å². The molecule has 2 spiro atoms. The van der Waals surface area contributed by atoms with E-state index in [2.05, 4.69) is 24.1 Å². The van der Waals surface area contributed by atoms with Crippen LogP contribution in [0, 0.1) is 5.92 Å². The number of likely N-dealkylation sites (tertiary alicyclic amines) is 1. The van der Waals surface area contributed by atoms with Gasteiger partial charge in [-0.05, 0) is 56.8 Å². The maximum atomic E-state index is 6.74. The first-order valence-electron chi connectivity index (χ1n) is 10.0. The Morgan fingerprint density at radius 3 is 2.85 bits per heavy atom.